The van der Waals surface area contributed by atoms with Gasteiger partial charge in [-0.3, -0.25) is 0 Å². The molecule has 0 aromatic heterocycles. The van der Waals surface area contributed by atoms with Gasteiger partial charge in [-0.1, -0.05) is 52.3 Å². The van der Waals surface area contributed by atoms with Crippen molar-refractivity contribution < 1.29 is 0 Å². The highest BCUT2D eigenvalue weighted by atomic mass is 79.9. The van der Waals surface area contributed by atoms with Crippen LogP contribution in [0.5, 0.6) is 0 Å². The molecule has 0 amide bonds. The van der Waals surface area contributed by atoms with Gasteiger partial charge in [0.05, 0.1) is 0 Å². The fraction of sp³-hybridized carbons (Fsp3) is 0.273. The highest BCUT2D eigenvalue weighted by molar-refractivity contribution is 9.09. The second-order valence-corrected chi connectivity index (χ2v) is 3.89. The number of alkyl halides is 1. The van der Waals surface area contributed by atoms with Gasteiger partial charge >= 0.3 is 0 Å². The van der Waals surface area contributed by atoms with E-state index in [1.54, 1.807) is 0 Å². The van der Waals surface area contributed by atoms with Crippen molar-refractivity contribution in [2.45, 2.75) is 12.2 Å². The highest BCUT2D eigenvalue weighted by Gasteiger charge is 1.89. The number of allylic oxidation sites excluding steroid dienone is 1. The molecule has 70 valence electrons. The predicted molar refractivity (Wildman–Crippen MR) is 66.6 cm³/mol. The molecule has 1 rings (SSSR count). The van der Waals surface area contributed by atoms with Crippen LogP contribution >= 0.6 is 28.6 Å². The Balaban J connectivity index is 2.66. The second-order valence-electron chi connectivity index (χ2n) is 2.78. The molecule has 1 aromatic carbocycles. The average molecular weight is 257 g/mol. The maximum Gasteiger partial charge on any atom is 0.0154 e. The minimum Gasteiger partial charge on any atom is -0.175 e. The third-order valence-electron chi connectivity index (χ3n) is 1.72. The van der Waals surface area contributed by atoms with Crippen molar-refractivity contribution in [2.24, 2.45) is 0 Å². The molecule has 0 aliphatic heterocycles. The van der Waals surface area contributed by atoms with Gasteiger partial charge < -0.3 is 0 Å². The molecule has 0 nitrogen and oxygen atoms in total. The predicted octanol–water partition coefficient (Wildman–Crippen LogP) is 3.91. The molecular formula is C11H13BrS. The van der Waals surface area contributed by atoms with Crippen molar-refractivity contribution in [3.8, 4) is 0 Å². The third-order valence-corrected chi connectivity index (χ3v) is 2.54. The van der Waals surface area contributed by atoms with Crippen LogP contribution in [0.2, 0.25) is 0 Å². The maximum absolute atomic E-state index is 4.24. The van der Waals surface area contributed by atoms with Crippen molar-refractivity contribution >= 4 is 34.6 Å². The molecule has 0 radical (unpaired) electrons. The lowest BCUT2D eigenvalue weighted by Gasteiger charge is -1.97. The summed E-state index contributed by atoms with van der Waals surface area (Å²) in [5.74, 6) is 0.806. The number of benzene rings is 1. The zero-order chi connectivity index (χ0) is 9.52. The number of hydrogen-bond acceptors (Lipinski definition) is 1. The minimum absolute atomic E-state index is 0.806. The van der Waals surface area contributed by atoms with Crippen LogP contribution in [-0.4, -0.2) is 5.33 Å². The van der Waals surface area contributed by atoms with E-state index in [0.717, 1.165) is 17.5 Å². The van der Waals surface area contributed by atoms with E-state index >= 15 is 0 Å². The second kappa shape index (κ2) is 6.28. The molecule has 0 spiro atoms. The molecule has 1 aromatic rings. The summed E-state index contributed by atoms with van der Waals surface area (Å²) in [7, 11) is 0. The SMILES string of the molecule is SCc1cccc(C=CCCBr)c1. The van der Waals surface area contributed by atoms with E-state index in [2.05, 4.69) is 65.0 Å². The minimum atomic E-state index is 0.806. The van der Waals surface area contributed by atoms with Crippen molar-refractivity contribution in [2.75, 3.05) is 5.33 Å². The van der Waals surface area contributed by atoms with E-state index in [1.165, 1.54) is 11.1 Å². The van der Waals surface area contributed by atoms with Crippen LogP contribution in [0.3, 0.4) is 0 Å². The summed E-state index contributed by atoms with van der Waals surface area (Å²) < 4.78 is 0. The maximum atomic E-state index is 4.24. The van der Waals surface area contributed by atoms with Crippen molar-refractivity contribution in [1.82, 2.24) is 0 Å². The summed E-state index contributed by atoms with van der Waals surface area (Å²) in [5.41, 5.74) is 2.52. The van der Waals surface area contributed by atoms with Gasteiger partial charge in [0.25, 0.3) is 0 Å². The molecule has 0 aliphatic rings. The summed E-state index contributed by atoms with van der Waals surface area (Å²) in [6.07, 6.45) is 5.39. The zero-order valence-electron chi connectivity index (χ0n) is 7.41. The van der Waals surface area contributed by atoms with Crippen LogP contribution in [0, 0.1) is 0 Å². The molecule has 0 N–H and O–H groups in total. The van der Waals surface area contributed by atoms with Crippen LogP contribution in [0.25, 0.3) is 6.08 Å². The van der Waals surface area contributed by atoms with Crippen LogP contribution in [0.1, 0.15) is 17.5 Å². The first-order chi connectivity index (χ1) is 6.36. The molecule has 0 unspecified atom stereocenters. The summed E-state index contributed by atoms with van der Waals surface area (Å²) in [5, 5.41) is 1.02. The lowest BCUT2D eigenvalue weighted by molar-refractivity contribution is 1.27. The van der Waals surface area contributed by atoms with Gasteiger partial charge in [0.1, 0.15) is 0 Å². The Morgan fingerprint density at radius 2 is 2.23 bits per heavy atom. The van der Waals surface area contributed by atoms with Crippen molar-refractivity contribution in [1.29, 1.82) is 0 Å². The summed E-state index contributed by atoms with van der Waals surface area (Å²) in [6, 6.07) is 8.43. The molecule has 0 aliphatic carbocycles. The Kier molecular flexibility index (Phi) is 5.25. The summed E-state index contributed by atoms with van der Waals surface area (Å²) >= 11 is 7.62. The Labute approximate surface area is 93.6 Å². The molecule has 0 fully saturated rings. The number of rotatable bonds is 4. The van der Waals surface area contributed by atoms with Crippen LogP contribution in [-0.2, 0) is 5.75 Å². The smallest absolute Gasteiger partial charge is 0.0154 e. The quantitative estimate of drug-likeness (QED) is 0.613. The van der Waals surface area contributed by atoms with E-state index < -0.39 is 0 Å². The lowest BCUT2D eigenvalue weighted by Crippen LogP contribution is -1.78. The van der Waals surface area contributed by atoms with Gasteiger partial charge in [-0.2, -0.15) is 12.6 Å². The topological polar surface area (TPSA) is 0 Å². The van der Waals surface area contributed by atoms with Gasteiger partial charge in [-0.05, 0) is 17.5 Å². The van der Waals surface area contributed by atoms with Gasteiger partial charge in [0, 0.05) is 11.1 Å². The fourth-order valence-corrected chi connectivity index (χ4v) is 1.54. The number of hydrogen-bond donors (Lipinski definition) is 1. The third kappa shape index (κ3) is 4.01. The van der Waals surface area contributed by atoms with Crippen LogP contribution in [0.4, 0.5) is 0 Å². The first-order valence-electron chi connectivity index (χ1n) is 4.29. The number of halogens is 1. The molecule has 0 heterocycles. The molecule has 2 heteroatoms. The fourth-order valence-electron chi connectivity index (χ4n) is 1.08. The van der Waals surface area contributed by atoms with Gasteiger partial charge in [-0.15, -0.1) is 0 Å². The van der Waals surface area contributed by atoms with Crippen LogP contribution < -0.4 is 0 Å². The Morgan fingerprint density at radius 1 is 1.38 bits per heavy atom. The van der Waals surface area contributed by atoms with Gasteiger partial charge in [-0.25, -0.2) is 0 Å². The Morgan fingerprint density at radius 3 is 2.92 bits per heavy atom. The summed E-state index contributed by atoms with van der Waals surface area (Å²) in [6.45, 7) is 0. The standard InChI is InChI=1S/C11H13BrS/c12-7-2-1-4-10-5-3-6-11(8-10)9-13/h1,3-6,8,13H,2,7,9H2. The van der Waals surface area contributed by atoms with E-state index in [9.17, 15) is 0 Å². The molecule has 0 saturated heterocycles. The molecule has 0 bridgehead atoms. The van der Waals surface area contributed by atoms with Gasteiger partial charge in [0.15, 0.2) is 0 Å². The zero-order valence-corrected chi connectivity index (χ0v) is 9.89. The summed E-state index contributed by atoms with van der Waals surface area (Å²) in [4.78, 5) is 0. The van der Waals surface area contributed by atoms with E-state index in [0.29, 0.717) is 0 Å². The monoisotopic (exact) mass is 256 g/mol. The molecule has 0 saturated carbocycles. The first kappa shape index (κ1) is 10.9. The van der Waals surface area contributed by atoms with Crippen LogP contribution in [0.15, 0.2) is 30.3 Å². The Bertz CT molecular complexity index is 281. The van der Waals surface area contributed by atoms with Crippen molar-refractivity contribution in [3.63, 3.8) is 0 Å². The van der Waals surface area contributed by atoms with E-state index in [1.807, 2.05) is 0 Å². The largest absolute Gasteiger partial charge is 0.175 e. The molecular weight excluding hydrogens is 244 g/mol. The normalized spacial score (nSPS) is 10.9. The molecule has 0 atom stereocenters. The lowest BCUT2D eigenvalue weighted by atomic mass is 10.1. The first-order valence-corrected chi connectivity index (χ1v) is 6.04. The Hall–Kier alpha value is -0.210. The molecule has 13 heavy (non-hydrogen) atoms. The van der Waals surface area contributed by atoms with E-state index in [4.69, 9.17) is 0 Å². The van der Waals surface area contributed by atoms with Crippen molar-refractivity contribution in [3.05, 3.63) is 41.5 Å². The number of thiol groups is 1. The van der Waals surface area contributed by atoms with E-state index in [-0.39, 0.29) is 0 Å². The average Bonchev–Trinajstić information content (AvgIpc) is 2.19. The van der Waals surface area contributed by atoms with Gasteiger partial charge in [0.2, 0.25) is 0 Å². The highest BCUT2D eigenvalue weighted by Crippen LogP contribution is 2.09.